The Hall–Kier alpha value is -1.98. The predicted octanol–water partition coefficient (Wildman–Crippen LogP) is 6.10. The Bertz CT molecular complexity index is 677. The Balaban J connectivity index is 2.43. The molecule has 0 aliphatic rings. The minimum atomic E-state index is -0.963. The molecule has 0 radical (unpaired) electrons. The van der Waals surface area contributed by atoms with E-state index < -0.39 is 35.1 Å². The Morgan fingerprint density at radius 1 is 0.967 bits per heavy atom. The first kappa shape index (κ1) is 26.1. The monoisotopic (exact) mass is 425 g/mol. The average Bonchev–Trinajstić information content (AvgIpc) is 2.70. The number of esters is 1. The van der Waals surface area contributed by atoms with E-state index in [4.69, 9.17) is 4.74 Å². The zero-order valence-corrected chi connectivity index (χ0v) is 18.9. The van der Waals surface area contributed by atoms with Gasteiger partial charge in [-0.1, -0.05) is 78.2 Å². The fourth-order valence-electron chi connectivity index (χ4n) is 3.25. The summed E-state index contributed by atoms with van der Waals surface area (Å²) in [5, 5.41) is 2.43. The van der Waals surface area contributed by atoms with Crippen molar-refractivity contribution in [1.82, 2.24) is 5.32 Å². The van der Waals surface area contributed by atoms with Crippen molar-refractivity contribution in [2.45, 2.75) is 91.5 Å². The number of halogens is 2. The summed E-state index contributed by atoms with van der Waals surface area (Å²) in [6.07, 6.45) is 10.4. The lowest BCUT2D eigenvalue weighted by Crippen LogP contribution is -2.46. The van der Waals surface area contributed by atoms with Crippen molar-refractivity contribution in [2.75, 3.05) is 6.61 Å². The quantitative estimate of drug-likeness (QED) is 0.289. The highest BCUT2D eigenvalue weighted by molar-refractivity contribution is 5.97. The normalized spacial score (nSPS) is 12.1. The van der Waals surface area contributed by atoms with Gasteiger partial charge in [-0.3, -0.25) is 4.79 Å². The van der Waals surface area contributed by atoms with Crippen LogP contribution >= 0.6 is 0 Å². The molecule has 6 heteroatoms. The Morgan fingerprint density at radius 3 is 2.10 bits per heavy atom. The lowest BCUT2D eigenvalue weighted by atomic mass is 10.0. The average molecular weight is 426 g/mol. The SMILES string of the molecule is CCCCCCCCCCCOC(=O)C(NC(=O)c1c(F)ccc(C)c1F)C(C)C. The van der Waals surface area contributed by atoms with Crippen LogP contribution in [0, 0.1) is 24.5 Å². The molecule has 0 spiro atoms. The van der Waals surface area contributed by atoms with E-state index in [1.54, 1.807) is 13.8 Å². The highest BCUT2D eigenvalue weighted by Crippen LogP contribution is 2.17. The first-order valence-electron chi connectivity index (χ1n) is 11.2. The van der Waals surface area contributed by atoms with E-state index in [1.807, 2.05) is 0 Å². The molecule has 1 N–H and O–H groups in total. The molecule has 1 atom stereocenters. The molecule has 0 bridgehead atoms. The van der Waals surface area contributed by atoms with Crippen LogP contribution in [0.2, 0.25) is 0 Å². The highest BCUT2D eigenvalue weighted by Gasteiger charge is 2.28. The number of benzene rings is 1. The second-order valence-corrected chi connectivity index (χ2v) is 8.24. The van der Waals surface area contributed by atoms with Crippen molar-refractivity contribution in [3.05, 3.63) is 34.9 Å². The molecule has 1 aromatic rings. The molecule has 1 unspecified atom stereocenters. The molecule has 0 heterocycles. The van der Waals surface area contributed by atoms with Crippen LogP contribution in [-0.4, -0.2) is 24.5 Å². The van der Waals surface area contributed by atoms with Crippen LogP contribution in [0.25, 0.3) is 0 Å². The topological polar surface area (TPSA) is 55.4 Å². The second kappa shape index (κ2) is 14.1. The van der Waals surface area contributed by atoms with Gasteiger partial charge in [-0.05, 0) is 30.9 Å². The minimum Gasteiger partial charge on any atom is -0.464 e. The minimum absolute atomic E-state index is 0.163. The summed E-state index contributed by atoms with van der Waals surface area (Å²) in [4.78, 5) is 24.8. The third kappa shape index (κ3) is 8.80. The van der Waals surface area contributed by atoms with Crippen molar-refractivity contribution in [1.29, 1.82) is 0 Å². The highest BCUT2D eigenvalue weighted by atomic mass is 19.1. The van der Waals surface area contributed by atoms with Crippen LogP contribution < -0.4 is 5.32 Å². The number of unbranched alkanes of at least 4 members (excludes halogenated alkanes) is 8. The predicted molar refractivity (Wildman–Crippen MR) is 115 cm³/mol. The van der Waals surface area contributed by atoms with E-state index in [-0.39, 0.29) is 18.1 Å². The van der Waals surface area contributed by atoms with Crippen LogP contribution in [0.5, 0.6) is 0 Å². The van der Waals surface area contributed by atoms with Gasteiger partial charge in [-0.15, -0.1) is 0 Å². The molecule has 1 aromatic carbocycles. The van der Waals surface area contributed by atoms with Crippen molar-refractivity contribution in [2.24, 2.45) is 5.92 Å². The summed E-state index contributed by atoms with van der Waals surface area (Å²) in [6, 6.07) is 1.34. The van der Waals surface area contributed by atoms with Gasteiger partial charge in [0.1, 0.15) is 23.2 Å². The van der Waals surface area contributed by atoms with E-state index in [2.05, 4.69) is 12.2 Å². The third-order valence-electron chi connectivity index (χ3n) is 5.21. The first-order chi connectivity index (χ1) is 14.3. The molecule has 0 aromatic heterocycles. The molecule has 0 aliphatic carbocycles. The maximum Gasteiger partial charge on any atom is 0.328 e. The van der Waals surface area contributed by atoms with Gasteiger partial charge < -0.3 is 10.1 Å². The summed E-state index contributed by atoms with van der Waals surface area (Å²) in [5.74, 6) is -3.68. The fourth-order valence-corrected chi connectivity index (χ4v) is 3.25. The van der Waals surface area contributed by atoms with Gasteiger partial charge in [0.05, 0.1) is 6.61 Å². The summed E-state index contributed by atoms with van der Waals surface area (Å²) >= 11 is 0. The molecule has 0 fully saturated rings. The molecule has 1 rings (SSSR count). The summed E-state index contributed by atoms with van der Waals surface area (Å²) in [5.41, 5.74) is -0.511. The molecule has 0 saturated carbocycles. The maximum absolute atomic E-state index is 14.2. The van der Waals surface area contributed by atoms with Gasteiger partial charge in [-0.2, -0.15) is 0 Å². The first-order valence-corrected chi connectivity index (χ1v) is 11.2. The molecule has 170 valence electrons. The summed E-state index contributed by atoms with van der Waals surface area (Å²) in [7, 11) is 0. The molecular weight excluding hydrogens is 388 g/mol. The van der Waals surface area contributed by atoms with Crippen molar-refractivity contribution < 1.29 is 23.1 Å². The van der Waals surface area contributed by atoms with Crippen LogP contribution in [-0.2, 0) is 9.53 Å². The van der Waals surface area contributed by atoms with Crippen LogP contribution in [0.3, 0.4) is 0 Å². The van der Waals surface area contributed by atoms with Crippen molar-refractivity contribution in [3.8, 4) is 0 Å². The van der Waals surface area contributed by atoms with Crippen LogP contribution in [0.15, 0.2) is 12.1 Å². The smallest absolute Gasteiger partial charge is 0.328 e. The van der Waals surface area contributed by atoms with Gasteiger partial charge in [0.15, 0.2) is 0 Å². The zero-order valence-electron chi connectivity index (χ0n) is 18.9. The molecule has 1 amide bonds. The van der Waals surface area contributed by atoms with Crippen LogP contribution in [0.4, 0.5) is 8.78 Å². The van der Waals surface area contributed by atoms with Crippen LogP contribution in [0.1, 0.15) is 94.5 Å². The Labute approximate surface area is 179 Å². The Kier molecular flexibility index (Phi) is 12.2. The van der Waals surface area contributed by atoms with Crippen molar-refractivity contribution >= 4 is 11.9 Å². The van der Waals surface area contributed by atoms with Gasteiger partial charge in [0.25, 0.3) is 5.91 Å². The Morgan fingerprint density at radius 2 is 1.53 bits per heavy atom. The third-order valence-corrected chi connectivity index (χ3v) is 5.21. The number of rotatable bonds is 14. The number of hydrogen-bond donors (Lipinski definition) is 1. The summed E-state index contributed by atoms with van der Waals surface area (Å²) < 4.78 is 33.4. The number of ether oxygens (including phenoxy) is 1. The molecule has 0 saturated heterocycles. The molecule has 4 nitrogen and oxygen atoms in total. The molecule has 0 aliphatic heterocycles. The number of hydrogen-bond acceptors (Lipinski definition) is 3. The lowest BCUT2D eigenvalue weighted by molar-refractivity contribution is -0.147. The van der Waals surface area contributed by atoms with E-state index >= 15 is 0 Å². The standard InChI is InChI=1S/C24H37F2NO3/c1-5-6-7-8-9-10-11-12-13-16-30-24(29)22(17(2)3)27-23(28)20-19(25)15-14-18(4)21(20)26/h14-15,17,22H,5-13,16H2,1-4H3,(H,27,28). The van der Waals surface area contributed by atoms with E-state index in [0.29, 0.717) is 0 Å². The van der Waals surface area contributed by atoms with Crippen molar-refractivity contribution in [3.63, 3.8) is 0 Å². The van der Waals surface area contributed by atoms with E-state index in [0.717, 1.165) is 25.3 Å². The maximum atomic E-state index is 14.2. The largest absolute Gasteiger partial charge is 0.464 e. The van der Waals surface area contributed by atoms with Gasteiger partial charge in [0.2, 0.25) is 0 Å². The zero-order chi connectivity index (χ0) is 22.5. The second-order valence-electron chi connectivity index (χ2n) is 8.24. The fraction of sp³-hybridized carbons (Fsp3) is 0.667. The number of nitrogens with one attached hydrogen (secondary N) is 1. The summed E-state index contributed by atoms with van der Waals surface area (Å²) in [6.45, 7) is 7.42. The molecular formula is C24H37F2NO3. The number of aryl methyl sites for hydroxylation is 1. The number of carbonyl (C=O) groups is 2. The number of amides is 1. The van der Waals surface area contributed by atoms with E-state index in [1.165, 1.54) is 51.5 Å². The van der Waals surface area contributed by atoms with E-state index in [9.17, 15) is 18.4 Å². The van der Waals surface area contributed by atoms with Gasteiger partial charge >= 0.3 is 5.97 Å². The number of carbonyl (C=O) groups excluding carboxylic acids is 2. The van der Waals surface area contributed by atoms with Gasteiger partial charge in [-0.25, -0.2) is 13.6 Å². The molecule has 30 heavy (non-hydrogen) atoms. The van der Waals surface area contributed by atoms with Gasteiger partial charge in [0, 0.05) is 0 Å². The lowest BCUT2D eigenvalue weighted by Gasteiger charge is -2.21.